The molecule has 0 spiro atoms. The van der Waals surface area contributed by atoms with Gasteiger partial charge in [-0.3, -0.25) is 0 Å². The molecule has 1 unspecified atom stereocenters. The van der Waals surface area contributed by atoms with Crippen LogP contribution in [-0.2, 0) is 10.0 Å². The molecular formula is C14H17NO2S2. The zero-order chi connectivity index (χ0) is 14.0. The van der Waals surface area contributed by atoms with Gasteiger partial charge < -0.3 is 0 Å². The molecule has 102 valence electrons. The van der Waals surface area contributed by atoms with E-state index < -0.39 is 10.0 Å². The summed E-state index contributed by atoms with van der Waals surface area (Å²) in [6, 6.07) is 9.14. The predicted molar refractivity (Wildman–Crippen MR) is 79.0 cm³/mol. The molecule has 0 fully saturated rings. The number of thiophene rings is 1. The third-order valence-corrected chi connectivity index (χ3v) is 5.92. The van der Waals surface area contributed by atoms with Gasteiger partial charge in [-0.05, 0) is 43.3 Å². The first kappa shape index (κ1) is 14.2. The molecule has 1 N–H and O–H groups in total. The highest BCUT2D eigenvalue weighted by Crippen LogP contribution is 2.22. The van der Waals surface area contributed by atoms with Gasteiger partial charge in [-0.1, -0.05) is 29.8 Å². The lowest BCUT2D eigenvalue weighted by molar-refractivity contribution is 0.568. The van der Waals surface area contributed by atoms with Crippen LogP contribution in [-0.4, -0.2) is 8.42 Å². The Balaban J connectivity index is 2.24. The van der Waals surface area contributed by atoms with Gasteiger partial charge in [-0.25, -0.2) is 13.1 Å². The van der Waals surface area contributed by atoms with Gasteiger partial charge in [-0.15, -0.1) is 11.3 Å². The van der Waals surface area contributed by atoms with Gasteiger partial charge in [0.05, 0.1) is 0 Å². The van der Waals surface area contributed by atoms with Gasteiger partial charge in [0.15, 0.2) is 0 Å². The molecule has 2 rings (SSSR count). The minimum atomic E-state index is -3.42. The minimum absolute atomic E-state index is 0.243. The van der Waals surface area contributed by atoms with Crippen molar-refractivity contribution in [1.29, 1.82) is 0 Å². The van der Waals surface area contributed by atoms with E-state index in [1.54, 1.807) is 17.5 Å². The second-order valence-corrected chi connectivity index (χ2v) is 7.52. The molecule has 0 aliphatic rings. The van der Waals surface area contributed by atoms with Crippen molar-refractivity contribution >= 4 is 21.4 Å². The number of nitrogens with one attached hydrogen (secondary N) is 1. The smallest absolute Gasteiger partial charge is 0.206 e. The summed E-state index contributed by atoms with van der Waals surface area (Å²) in [7, 11) is -3.42. The molecule has 0 amide bonds. The molecule has 1 heterocycles. The summed E-state index contributed by atoms with van der Waals surface area (Å²) in [5, 5.41) is 1.76. The van der Waals surface area contributed by atoms with Crippen molar-refractivity contribution in [3.8, 4) is 0 Å². The molecule has 5 heteroatoms. The second-order valence-electron chi connectivity index (χ2n) is 4.64. The largest absolute Gasteiger partial charge is 0.250 e. The summed E-state index contributed by atoms with van der Waals surface area (Å²) in [5.41, 5.74) is 3.28. The first-order valence-electron chi connectivity index (χ1n) is 6.03. The van der Waals surface area contributed by atoms with Crippen molar-refractivity contribution in [2.45, 2.75) is 31.0 Å². The van der Waals surface area contributed by atoms with Crippen LogP contribution in [0.15, 0.2) is 39.9 Å². The second kappa shape index (κ2) is 5.45. The molecule has 2 aromatic rings. The summed E-state index contributed by atoms with van der Waals surface area (Å²) in [4.78, 5) is 0. The fourth-order valence-corrected chi connectivity index (χ4v) is 4.31. The van der Waals surface area contributed by atoms with Crippen LogP contribution >= 0.6 is 11.3 Å². The van der Waals surface area contributed by atoms with Crippen LogP contribution in [0.25, 0.3) is 0 Å². The molecule has 0 bridgehead atoms. The summed E-state index contributed by atoms with van der Waals surface area (Å²) >= 11 is 1.22. The van der Waals surface area contributed by atoms with E-state index in [-0.39, 0.29) is 6.04 Å². The maximum atomic E-state index is 12.2. The number of sulfonamides is 1. The van der Waals surface area contributed by atoms with E-state index in [0.717, 1.165) is 11.1 Å². The molecule has 0 saturated heterocycles. The Hall–Kier alpha value is -1.17. The molecule has 1 aromatic carbocycles. The third-order valence-electron chi connectivity index (χ3n) is 2.98. The summed E-state index contributed by atoms with van der Waals surface area (Å²) in [5.74, 6) is 0. The Morgan fingerprint density at radius 2 is 1.95 bits per heavy atom. The van der Waals surface area contributed by atoms with Crippen molar-refractivity contribution in [2.75, 3.05) is 0 Å². The quantitative estimate of drug-likeness (QED) is 0.939. The van der Waals surface area contributed by atoms with Gasteiger partial charge in [0.25, 0.3) is 10.0 Å². The minimum Gasteiger partial charge on any atom is -0.206 e. The Morgan fingerprint density at radius 3 is 2.53 bits per heavy atom. The number of hydrogen-bond acceptors (Lipinski definition) is 3. The lowest BCUT2D eigenvalue weighted by Gasteiger charge is -2.16. The van der Waals surface area contributed by atoms with Crippen LogP contribution in [0, 0.1) is 13.8 Å². The summed E-state index contributed by atoms with van der Waals surface area (Å²) in [6.45, 7) is 5.89. The van der Waals surface area contributed by atoms with E-state index in [4.69, 9.17) is 0 Å². The normalized spacial score (nSPS) is 13.4. The highest BCUT2D eigenvalue weighted by molar-refractivity contribution is 7.91. The first-order chi connectivity index (χ1) is 8.90. The molecule has 3 nitrogen and oxygen atoms in total. The van der Waals surface area contributed by atoms with Gasteiger partial charge in [0.1, 0.15) is 4.21 Å². The van der Waals surface area contributed by atoms with Crippen molar-refractivity contribution in [1.82, 2.24) is 4.72 Å². The highest BCUT2D eigenvalue weighted by atomic mass is 32.2. The Labute approximate surface area is 118 Å². The van der Waals surface area contributed by atoms with Crippen LogP contribution in [0.4, 0.5) is 0 Å². The van der Waals surface area contributed by atoms with E-state index in [0.29, 0.717) is 4.21 Å². The Bertz CT molecular complexity index is 661. The summed E-state index contributed by atoms with van der Waals surface area (Å²) in [6.07, 6.45) is 0. The standard InChI is InChI=1S/C14H17NO2S2/c1-10-6-7-13(11(2)9-10)12(3)15-19(16,17)14-5-4-8-18-14/h4-9,12,15H,1-3H3. The van der Waals surface area contributed by atoms with Crippen molar-refractivity contribution in [3.63, 3.8) is 0 Å². The maximum Gasteiger partial charge on any atom is 0.250 e. The fraction of sp³-hybridized carbons (Fsp3) is 0.286. The van der Waals surface area contributed by atoms with Crippen molar-refractivity contribution in [2.24, 2.45) is 0 Å². The lowest BCUT2D eigenvalue weighted by Crippen LogP contribution is -2.26. The van der Waals surface area contributed by atoms with Crippen LogP contribution in [0.3, 0.4) is 0 Å². The third kappa shape index (κ3) is 3.23. The number of aryl methyl sites for hydroxylation is 2. The van der Waals surface area contributed by atoms with Crippen LogP contribution in [0.1, 0.15) is 29.7 Å². The predicted octanol–water partition coefficient (Wildman–Crippen LogP) is 3.40. The fourth-order valence-electron chi connectivity index (χ4n) is 2.08. The summed E-state index contributed by atoms with van der Waals surface area (Å²) < 4.78 is 27.4. The molecular weight excluding hydrogens is 278 g/mol. The molecule has 19 heavy (non-hydrogen) atoms. The number of benzene rings is 1. The van der Waals surface area contributed by atoms with E-state index in [9.17, 15) is 8.42 Å². The zero-order valence-corrected chi connectivity index (χ0v) is 12.8. The average Bonchev–Trinajstić information content (AvgIpc) is 2.81. The van der Waals surface area contributed by atoms with Gasteiger partial charge in [0.2, 0.25) is 0 Å². The number of rotatable bonds is 4. The first-order valence-corrected chi connectivity index (χ1v) is 8.39. The zero-order valence-electron chi connectivity index (χ0n) is 11.2. The monoisotopic (exact) mass is 295 g/mol. The van der Waals surface area contributed by atoms with Crippen molar-refractivity contribution in [3.05, 3.63) is 52.4 Å². The molecule has 0 aliphatic carbocycles. The SMILES string of the molecule is Cc1ccc(C(C)NS(=O)(=O)c2cccs2)c(C)c1. The van der Waals surface area contributed by atoms with E-state index in [1.165, 1.54) is 16.9 Å². The molecule has 0 aliphatic heterocycles. The van der Waals surface area contributed by atoms with Crippen LogP contribution in [0.5, 0.6) is 0 Å². The molecule has 0 radical (unpaired) electrons. The maximum absolute atomic E-state index is 12.2. The van der Waals surface area contributed by atoms with Gasteiger partial charge in [-0.2, -0.15) is 0 Å². The highest BCUT2D eigenvalue weighted by Gasteiger charge is 2.19. The van der Waals surface area contributed by atoms with Gasteiger partial charge in [0, 0.05) is 6.04 Å². The topological polar surface area (TPSA) is 46.2 Å². The van der Waals surface area contributed by atoms with E-state index in [2.05, 4.69) is 10.8 Å². The Kier molecular flexibility index (Phi) is 4.08. The molecule has 0 saturated carbocycles. The van der Waals surface area contributed by atoms with Crippen LogP contribution in [0.2, 0.25) is 0 Å². The van der Waals surface area contributed by atoms with E-state index >= 15 is 0 Å². The Morgan fingerprint density at radius 1 is 1.21 bits per heavy atom. The molecule has 1 atom stereocenters. The van der Waals surface area contributed by atoms with Crippen molar-refractivity contribution < 1.29 is 8.42 Å². The lowest BCUT2D eigenvalue weighted by atomic mass is 10.0. The average molecular weight is 295 g/mol. The van der Waals surface area contributed by atoms with Gasteiger partial charge >= 0.3 is 0 Å². The van der Waals surface area contributed by atoms with Crippen LogP contribution < -0.4 is 4.72 Å². The number of hydrogen-bond donors (Lipinski definition) is 1. The van der Waals surface area contributed by atoms with E-state index in [1.807, 2.05) is 32.9 Å². The molecule has 1 aromatic heterocycles.